The second kappa shape index (κ2) is 6.03. The highest BCUT2D eigenvalue weighted by Gasteiger charge is 2.28. The number of nitrogens with one attached hydrogen (secondary N) is 1. The van der Waals surface area contributed by atoms with Crippen molar-refractivity contribution in [3.63, 3.8) is 0 Å². The summed E-state index contributed by atoms with van der Waals surface area (Å²) in [6, 6.07) is 4.91. The molecule has 1 unspecified atom stereocenters. The fraction of sp³-hybridized carbons (Fsp3) is 0.647. The van der Waals surface area contributed by atoms with Crippen molar-refractivity contribution < 1.29 is 0 Å². The Kier molecular flexibility index (Phi) is 4.12. The first-order valence-corrected chi connectivity index (χ1v) is 8.04. The SMILES string of the molecule is Cc1cc(C)c(C#N)c(N(CC2CC2)CC2CCCN2)n1. The third-order valence-corrected chi connectivity index (χ3v) is 4.52. The molecule has 0 amide bonds. The van der Waals surface area contributed by atoms with Crippen LogP contribution in [0, 0.1) is 31.1 Å². The Morgan fingerprint density at radius 1 is 1.33 bits per heavy atom. The van der Waals surface area contributed by atoms with Crippen LogP contribution >= 0.6 is 0 Å². The molecule has 21 heavy (non-hydrogen) atoms. The molecule has 4 heteroatoms. The van der Waals surface area contributed by atoms with Gasteiger partial charge in [-0.2, -0.15) is 5.26 Å². The smallest absolute Gasteiger partial charge is 0.147 e. The average molecular weight is 284 g/mol. The normalized spacial score (nSPS) is 21.3. The largest absolute Gasteiger partial charge is 0.354 e. The minimum atomic E-state index is 0.540. The standard InChI is InChI=1S/C17H24N4/c1-12-8-13(2)20-17(16(12)9-18)21(10-14-5-6-14)11-15-4-3-7-19-15/h8,14-15,19H,3-7,10-11H2,1-2H3. The molecule has 1 aromatic heterocycles. The lowest BCUT2D eigenvalue weighted by molar-refractivity contribution is 0.566. The van der Waals surface area contributed by atoms with Gasteiger partial charge in [-0.3, -0.25) is 0 Å². The summed E-state index contributed by atoms with van der Waals surface area (Å²) in [5, 5.41) is 13.1. The molecule has 1 aliphatic carbocycles. The van der Waals surface area contributed by atoms with E-state index in [0.717, 1.165) is 48.2 Å². The number of nitriles is 1. The van der Waals surface area contributed by atoms with Crippen LogP contribution in [0.5, 0.6) is 0 Å². The van der Waals surface area contributed by atoms with Gasteiger partial charge < -0.3 is 10.2 Å². The van der Waals surface area contributed by atoms with Crippen LogP contribution in [-0.4, -0.2) is 30.7 Å². The molecule has 1 aromatic rings. The predicted octanol–water partition coefficient (Wildman–Crippen LogP) is 2.54. The lowest BCUT2D eigenvalue weighted by atomic mass is 10.1. The molecule has 1 atom stereocenters. The molecule has 1 saturated heterocycles. The third-order valence-electron chi connectivity index (χ3n) is 4.52. The molecule has 1 saturated carbocycles. The topological polar surface area (TPSA) is 52.0 Å². The Labute approximate surface area is 127 Å². The average Bonchev–Trinajstić information content (AvgIpc) is 3.11. The van der Waals surface area contributed by atoms with E-state index in [1.54, 1.807) is 0 Å². The van der Waals surface area contributed by atoms with Gasteiger partial charge in [0, 0.05) is 24.8 Å². The Bertz CT molecular complexity index is 551. The van der Waals surface area contributed by atoms with Gasteiger partial charge in [-0.15, -0.1) is 0 Å². The van der Waals surface area contributed by atoms with Crippen LogP contribution in [-0.2, 0) is 0 Å². The van der Waals surface area contributed by atoms with Crippen molar-refractivity contribution in [2.24, 2.45) is 5.92 Å². The number of aromatic nitrogens is 1. The van der Waals surface area contributed by atoms with E-state index in [9.17, 15) is 5.26 Å². The van der Waals surface area contributed by atoms with Crippen molar-refractivity contribution in [3.8, 4) is 6.07 Å². The van der Waals surface area contributed by atoms with Gasteiger partial charge in [-0.1, -0.05) is 0 Å². The number of anilines is 1. The number of nitrogens with zero attached hydrogens (tertiary/aromatic N) is 3. The molecular formula is C17H24N4. The summed E-state index contributed by atoms with van der Waals surface area (Å²) in [6.07, 6.45) is 5.13. The van der Waals surface area contributed by atoms with E-state index in [4.69, 9.17) is 4.98 Å². The maximum atomic E-state index is 9.52. The van der Waals surface area contributed by atoms with Gasteiger partial charge in [0.1, 0.15) is 11.9 Å². The highest BCUT2D eigenvalue weighted by Crippen LogP contribution is 2.33. The number of aryl methyl sites for hydroxylation is 2. The van der Waals surface area contributed by atoms with Gasteiger partial charge in [-0.25, -0.2) is 4.98 Å². The molecule has 2 aliphatic rings. The van der Waals surface area contributed by atoms with Crippen molar-refractivity contribution in [3.05, 3.63) is 22.9 Å². The Hall–Kier alpha value is -1.60. The summed E-state index contributed by atoms with van der Waals surface area (Å²) >= 11 is 0. The number of hydrogen-bond donors (Lipinski definition) is 1. The van der Waals surface area contributed by atoms with Crippen molar-refractivity contribution in [1.82, 2.24) is 10.3 Å². The maximum Gasteiger partial charge on any atom is 0.147 e. The van der Waals surface area contributed by atoms with Crippen LogP contribution in [0.25, 0.3) is 0 Å². The Morgan fingerprint density at radius 2 is 2.14 bits per heavy atom. The zero-order chi connectivity index (χ0) is 14.8. The summed E-state index contributed by atoms with van der Waals surface area (Å²) in [4.78, 5) is 7.06. The summed E-state index contributed by atoms with van der Waals surface area (Å²) in [6.45, 7) is 7.16. The summed E-state index contributed by atoms with van der Waals surface area (Å²) in [7, 11) is 0. The number of hydrogen-bond acceptors (Lipinski definition) is 4. The highest BCUT2D eigenvalue weighted by molar-refractivity contribution is 5.58. The van der Waals surface area contributed by atoms with Gasteiger partial charge >= 0.3 is 0 Å². The quantitative estimate of drug-likeness (QED) is 0.903. The number of rotatable bonds is 5. The summed E-state index contributed by atoms with van der Waals surface area (Å²) in [5.74, 6) is 1.69. The fourth-order valence-electron chi connectivity index (χ4n) is 3.22. The molecule has 2 fully saturated rings. The van der Waals surface area contributed by atoms with E-state index in [2.05, 4.69) is 16.3 Å². The third kappa shape index (κ3) is 3.36. The Balaban J connectivity index is 1.88. The van der Waals surface area contributed by atoms with E-state index in [0.29, 0.717) is 6.04 Å². The summed E-state index contributed by atoms with van der Waals surface area (Å²) < 4.78 is 0. The van der Waals surface area contributed by atoms with E-state index in [1.807, 2.05) is 19.9 Å². The molecule has 3 rings (SSSR count). The molecule has 0 spiro atoms. The maximum absolute atomic E-state index is 9.52. The van der Waals surface area contributed by atoms with Gasteiger partial charge in [0.05, 0.1) is 5.56 Å². The number of pyridine rings is 1. The van der Waals surface area contributed by atoms with Gasteiger partial charge in [0.15, 0.2) is 0 Å². The van der Waals surface area contributed by atoms with Gasteiger partial charge in [0.25, 0.3) is 0 Å². The molecular weight excluding hydrogens is 260 g/mol. The molecule has 112 valence electrons. The monoisotopic (exact) mass is 284 g/mol. The molecule has 2 heterocycles. The molecule has 0 radical (unpaired) electrons. The van der Waals surface area contributed by atoms with Crippen molar-refractivity contribution in [2.75, 3.05) is 24.5 Å². The summed E-state index contributed by atoms with van der Waals surface area (Å²) in [5.41, 5.74) is 2.79. The van der Waals surface area contributed by atoms with Crippen LogP contribution < -0.4 is 10.2 Å². The van der Waals surface area contributed by atoms with E-state index < -0.39 is 0 Å². The first-order chi connectivity index (χ1) is 10.2. The minimum Gasteiger partial charge on any atom is -0.354 e. The van der Waals surface area contributed by atoms with E-state index in [-0.39, 0.29) is 0 Å². The lowest BCUT2D eigenvalue weighted by Crippen LogP contribution is -2.39. The molecule has 4 nitrogen and oxygen atoms in total. The van der Waals surface area contributed by atoms with Crippen LogP contribution in [0.4, 0.5) is 5.82 Å². The molecule has 0 bridgehead atoms. The van der Waals surface area contributed by atoms with Crippen LogP contribution in [0.3, 0.4) is 0 Å². The van der Waals surface area contributed by atoms with Crippen molar-refractivity contribution >= 4 is 5.82 Å². The van der Waals surface area contributed by atoms with Crippen LogP contribution in [0.1, 0.15) is 42.5 Å². The Morgan fingerprint density at radius 3 is 2.76 bits per heavy atom. The van der Waals surface area contributed by atoms with E-state index >= 15 is 0 Å². The molecule has 1 N–H and O–H groups in total. The van der Waals surface area contributed by atoms with E-state index in [1.165, 1.54) is 25.7 Å². The zero-order valence-corrected chi connectivity index (χ0v) is 13.0. The predicted molar refractivity (Wildman–Crippen MR) is 84.4 cm³/mol. The van der Waals surface area contributed by atoms with Gasteiger partial charge in [-0.05, 0) is 63.6 Å². The van der Waals surface area contributed by atoms with Crippen molar-refractivity contribution in [1.29, 1.82) is 5.26 Å². The zero-order valence-electron chi connectivity index (χ0n) is 13.0. The second-order valence-electron chi connectivity index (χ2n) is 6.53. The van der Waals surface area contributed by atoms with Crippen LogP contribution in [0.2, 0.25) is 0 Å². The van der Waals surface area contributed by atoms with Gasteiger partial charge in [0.2, 0.25) is 0 Å². The highest BCUT2D eigenvalue weighted by atomic mass is 15.2. The fourth-order valence-corrected chi connectivity index (χ4v) is 3.22. The van der Waals surface area contributed by atoms with Crippen LogP contribution in [0.15, 0.2) is 6.07 Å². The second-order valence-corrected chi connectivity index (χ2v) is 6.53. The first-order valence-electron chi connectivity index (χ1n) is 8.04. The van der Waals surface area contributed by atoms with Crippen molar-refractivity contribution in [2.45, 2.75) is 45.6 Å². The lowest BCUT2D eigenvalue weighted by Gasteiger charge is -2.28. The minimum absolute atomic E-state index is 0.540. The first kappa shape index (κ1) is 14.3. The molecule has 1 aliphatic heterocycles. The molecule has 0 aromatic carbocycles.